The molecule has 0 aliphatic heterocycles. The van der Waals surface area contributed by atoms with E-state index in [4.69, 9.17) is 5.11 Å². The van der Waals surface area contributed by atoms with E-state index in [1.54, 1.807) is 36.5 Å². The van der Waals surface area contributed by atoms with E-state index in [-0.39, 0.29) is 10.7 Å². The Morgan fingerprint density at radius 3 is 2.77 bits per heavy atom. The SMILES string of the molecule is O=C(O)c1ncsc1N(c1ccc2ncccc2c1)[SH](=O)=O. The fourth-order valence-electron chi connectivity index (χ4n) is 2.02. The van der Waals surface area contributed by atoms with Crippen molar-refractivity contribution in [3.05, 3.63) is 47.7 Å². The summed E-state index contributed by atoms with van der Waals surface area (Å²) in [5.41, 5.74) is 2.06. The van der Waals surface area contributed by atoms with E-state index in [2.05, 4.69) is 9.97 Å². The number of aromatic carboxylic acids is 1. The molecule has 0 aliphatic carbocycles. The lowest BCUT2D eigenvalue weighted by atomic mass is 10.2. The molecular formula is C13H9N3O4S2. The highest BCUT2D eigenvalue weighted by atomic mass is 32.2. The highest BCUT2D eigenvalue weighted by Gasteiger charge is 2.22. The molecule has 3 aromatic rings. The first-order valence-electron chi connectivity index (χ1n) is 6.04. The topological polar surface area (TPSA) is 100 Å². The molecule has 0 spiro atoms. The minimum absolute atomic E-state index is 0.0480. The van der Waals surface area contributed by atoms with Crippen molar-refractivity contribution in [1.29, 1.82) is 0 Å². The minimum atomic E-state index is -3.07. The zero-order valence-corrected chi connectivity index (χ0v) is 12.6. The molecule has 1 N–H and O–H groups in total. The van der Waals surface area contributed by atoms with Gasteiger partial charge in [0, 0.05) is 11.6 Å². The Kier molecular flexibility index (Phi) is 3.73. The van der Waals surface area contributed by atoms with Gasteiger partial charge >= 0.3 is 5.97 Å². The predicted octanol–water partition coefficient (Wildman–Crippen LogP) is 2.05. The second-order valence-electron chi connectivity index (χ2n) is 4.24. The molecule has 0 fully saturated rings. The number of nitrogens with zero attached hydrogens (tertiary/aromatic N) is 3. The van der Waals surface area contributed by atoms with Crippen LogP contribution in [-0.4, -0.2) is 29.5 Å². The lowest BCUT2D eigenvalue weighted by molar-refractivity contribution is 0.0692. The lowest BCUT2D eigenvalue weighted by Crippen LogP contribution is -2.16. The van der Waals surface area contributed by atoms with E-state index in [1.807, 2.05) is 0 Å². The normalized spacial score (nSPS) is 11.0. The molecule has 2 heterocycles. The quantitative estimate of drug-likeness (QED) is 0.708. The zero-order chi connectivity index (χ0) is 15.7. The Labute approximate surface area is 130 Å². The maximum absolute atomic E-state index is 11.6. The Hall–Kier alpha value is -2.52. The van der Waals surface area contributed by atoms with Crippen LogP contribution in [0.2, 0.25) is 0 Å². The fourth-order valence-corrected chi connectivity index (χ4v) is 3.63. The lowest BCUT2D eigenvalue weighted by Gasteiger charge is -2.16. The molecule has 112 valence electrons. The van der Waals surface area contributed by atoms with Gasteiger partial charge in [-0.05, 0) is 24.3 Å². The average Bonchev–Trinajstić information content (AvgIpc) is 2.96. The van der Waals surface area contributed by atoms with Gasteiger partial charge < -0.3 is 5.11 Å². The summed E-state index contributed by atoms with van der Waals surface area (Å²) in [6.07, 6.45) is 1.64. The third-order valence-corrected chi connectivity index (χ3v) is 4.64. The van der Waals surface area contributed by atoms with Gasteiger partial charge in [-0.25, -0.2) is 22.5 Å². The monoisotopic (exact) mass is 335 g/mol. The number of thiol groups is 1. The molecule has 0 atom stereocenters. The third-order valence-electron chi connectivity index (χ3n) is 2.94. The van der Waals surface area contributed by atoms with Crippen molar-refractivity contribution in [3.63, 3.8) is 0 Å². The van der Waals surface area contributed by atoms with Gasteiger partial charge in [0.05, 0.1) is 16.7 Å². The summed E-state index contributed by atoms with van der Waals surface area (Å²) < 4.78 is 24.2. The summed E-state index contributed by atoms with van der Waals surface area (Å²) in [6.45, 7) is 0. The molecule has 0 saturated heterocycles. The number of pyridine rings is 1. The predicted molar refractivity (Wildman–Crippen MR) is 83.3 cm³/mol. The Morgan fingerprint density at radius 2 is 2.05 bits per heavy atom. The molecule has 0 unspecified atom stereocenters. The molecule has 1 aromatic carbocycles. The molecule has 3 rings (SSSR count). The molecule has 2 aromatic heterocycles. The summed E-state index contributed by atoms with van der Waals surface area (Å²) in [5, 5.41) is 9.92. The minimum Gasteiger partial charge on any atom is -0.476 e. The van der Waals surface area contributed by atoms with Crippen LogP contribution in [0, 0.1) is 0 Å². The Bertz CT molecular complexity index is 928. The standard InChI is InChI=1S/C13H9N3O4S2/c17-13(18)11-12(21-7-15-11)16(22(19)20)9-3-4-10-8(6-9)2-1-5-14-10/h1-7,22H,(H,17,18). The summed E-state index contributed by atoms with van der Waals surface area (Å²) in [5.74, 6) is -1.28. The van der Waals surface area contributed by atoms with E-state index in [0.29, 0.717) is 5.69 Å². The van der Waals surface area contributed by atoms with Crippen LogP contribution >= 0.6 is 11.3 Å². The maximum atomic E-state index is 11.6. The summed E-state index contributed by atoms with van der Waals surface area (Å²) in [7, 11) is -3.07. The Morgan fingerprint density at radius 1 is 1.23 bits per heavy atom. The highest BCUT2D eigenvalue weighted by molar-refractivity contribution is 7.74. The van der Waals surface area contributed by atoms with Gasteiger partial charge in [-0.15, -0.1) is 11.3 Å². The van der Waals surface area contributed by atoms with E-state index in [9.17, 15) is 13.2 Å². The molecule has 0 bridgehead atoms. The van der Waals surface area contributed by atoms with Crippen molar-refractivity contribution in [3.8, 4) is 0 Å². The van der Waals surface area contributed by atoms with Gasteiger partial charge in [0.25, 0.3) is 0 Å². The van der Waals surface area contributed by atoms with Crippen LogP contribution in [0.25, 0.3) is 10.9 Å². The number of hydrogen-bond acceptors (Lipinski definition) is 6. The molecule has 0 amide bonds. The number of carboxylic acid groups (broad SMARTS) is 1. The van der Waals surface area contributed by atoms with Gasteiger partial charge in [0.15, 0.2) is 5.69 Å². The first-order valence-corrected chi connectivity index (χ1v) is 8.05. The fraction of sp³-hybridized carbons (Fsp3) is 0. The highest BCUT2D eigenvalue weighted by Crippen LogP contribution is 2.33. The number of hydrogen-bond donors (Lipinski definition) is 2. The maximum Gasteiger partial charge on any atom is 0.357 e. The van der Waals surface area contributed by atoms with Crippen LogP contribution in [0.4, 0.5) is 10.7 Å². The van der Waals surface area contributed by atoms with E-state index >= 15 is 0 Å². The van der Waals surface area contributed by atoms with Crippen LogP contribution in [0.15, 0.2) is 42.0 Å². The number of carbonyl (C=O) groups is 1. The number of thiazole rings is 1. The second-order valence-corrected chi connectivity index (χ2v) is 5.95. The summed E-state index contributed by atoms with van der Waals surface area (Å²) in [6, 6.07) is 8.43. The number of fused-ring (bicyclic) bond motifs is 1. The second kappa shape index (κ2) is 5.70. The molecule has 0 aliphatic rings. The first-order chi connectivity index (χ1) is 10.6. The number of benzene rings is 1. The molecule has 0 radical (unpaired) electrons. The van der Waals surface area contributed by atoms with E-state index in [0.717, 1.165) is 26.5 Å². The van der Waals surface area contributed by atoms with Crippen molar-refractivity contribution >= 4 is 49.8 Å². The number of anilines is 2. The first kappa shape index (κ1) is 14.4. The van der Waals surface area contributed by atoms with Crippen molar-refractivity contribution in [2.75, 3.05) is 4.31 Å². The van der Waals surface area contributed by atoms with Crippen LogP contribution in [0.3, 0.4) is 0 Å². The number of carboxylic acids is 1. The summed E-state index contributed by atoms with van der Waals surface area (Å²) in [4.78, 5) is 19.0. The smallest absolute Gasteiger partial charge is 0.357 e. The number of aromatic nitrogens is 2. The molecule has 22 heavy (non-hydrogen) atoms. The van der Waals surface area contributed by atoms with Gasteiger partial charge in [0.2, 0.25) is 10.9 Å². The third kappa shape index (κ3) is 2.51. The van der Waals surface area contributed by atoms with Crippen LogP contribution < -0.4 is 4.31 Å². The van der Waals surface area contributed by atoms with Gasteiger partial charge in [-0.1, -0.05) is 6.07 Å². The van der Waals surface area contributed by atoms with Crippen molar-refractivity contribution in [2.45, 2.75) is 0 Å². The number of rotatable bonds is 4. The van der Waals surface area contributed by atoms with Gasteiger partial charge in [0.1, 0.15) is 5.00 Å². The van der Waals surface area contributed by atoms with Crippen LogP contribution in [0.1, 0.15) is 10.5 Å². The van der Waals surface area contributed by atoms with E-state index in [1.165, 1.54) is 5.51 Å². The van der Waals surface area contributed by atoms with Gasteiger partial charge in [-0.2, -0.15) is 0 Å². The molecule has 9 heteroatoms. The van der Waals surface area contributed by atoms with Crippen LogP contribution in [0.5, 0.6) is 0 Å². The zero-order valence-electron chi connectivity index (χ0n) is 10.9. The van der Waals surface area contributed by atoms with Crippen molar-refractivity contribution in [2.24, 2.45) is 0 Å². The summed E-state index contributed by atoms with van der Waals surface area (Å²) >= 11 is 0.949. The average molecular weight is 335 g/mol. The molecular weight excluding hydrogens is 326 g/mol. The molecule has 0 saturated carbocycles. The Balaban J connectivity index is 2.18. The molecule has 7 nitrogen and oxygen atoms in total. The van der Waals surface area contributed by atoms with Crippen molar-refractivity contribution in [1.82, 2.24) is 9.97 Å². The van der Waals surface area contributed by atoms with Gasteiger partial charge in [-0.3, -0.25) is 4.98 Å². The van der Waals surface area contributed by atoms with Crippen molar-refractivity contribution < 1.29 is 18.3 Å². The largest absolute Gasteiger partial charge is 0.476 e. The van der Waals surface area contributed by atoms with E-state index < -0.39 is 16.9 Å². The van der Waals surface area contributed by atoms with Crippen LogP contribution in [-0.2, 0) is 10.9 Å².